The molecule has 0 aromatic heterocycles. The van der Waals surface area contributed by atoms with E-state index in [2.05, 4.69) is 4.74 Å². The van der Waals surface area contributed by atoms with Crippen molar-refractivity contribution in [2.75, 3.05) is 0 Å². The molecule has 0 aliphatic rings. The van der Waals surface area contributed by atoms with Crippen molar-refractivity contribution in [3.63, 3.8) is 0 Å². The average molecular weight is 530 g/mol. The van der Waals surface area contributed by atoms with E-state index >= 15 is 0 Å². The fourth-order valence-electron chi connectivity index (χ4n) is 3.64. The van der Waals surface area contributed by atoms with E-state index in [4.69, 9.17) is 0 Å². The molecular weight excluding hydrogens is 518 g/mol. The largest absolute Gasteiger partial charge is 0.432 e. The second kappa shape index (κ2) is 9.45. The molecule has 0 spiro atoms. The van der Waals surface area contributed by atoms with Crippen molar-refractivity contribution < 1.29 is 48.6 Å². The van der Waals surface area contributed by atoms with E-state index < -0.39 is 69.4 Å². The van der Waals surface area contributed by atoms with Gasteiger partial charge in [-0.15, -0.1) is 0 Å². The van der Waals surface area contributed by atoms with Crippen LogP contribution in [0.4, 0.5) is 43.9 Å². The minimum absolute atomic E-state index is 0.0263. The van der Waals surface area contributed by atoms with Crippen molar-refractivity contribution in [3.8, 4) is 28.0 Å². The number of rotatable bonds is 5. The first-order valence-electron chi connectivity index (χ1n) is 10.3. The summed E-state index contributed by atoms with van der Waals surface area (Å²) < 4.78 is 143. The van der Waals surface area contributed by atoms with E-state index in [-0.39, 0.29) is 17.7 Å². The van der Waals surface area contributed by atoms with Gasteiger partial charge < -0.3 is 4.74 Å². The zero-order chi connectivity index (χ0) is 27.1. The molecule has 0 amide bonds. The Morgan fingerprint density at radius 2 is 1.00 bits per heavy atom. The Bertz CT molecular complexity index is 1420. The minimum atomic E-state index is -5.35. The smallest absolute Gasteiger partial charge is 0.429 e. The first-order valence-corrected chi connectivity index (χ1v) is 10.3. The molecule has 0 unspecified atom stereocenters. The quantitative estimate of drug-likeness (QED) is 0.234. The first kappa shape index (κ1) is 26.1. The van der Waals surface area contributed by atoms with Crippen LogP contribution < -0.4 is 4.74 Å². The molecule has 0 atom stereocenters. The Kier molecular flexibility index (Phi) is 6.66. The van der Waals surface area contributed by atoms with E-state index in [0.717, 1.165) is 0 Å². The van der Waals surface area contributed by atoms with Crippen molar-refractivity contribution in [1.29, 1.82) is 0 Å². The third-order valence-corrected chi connectivity index (χ3v) is 5.26. The van der Waals surface area contributed by atoms with Crippen molar-refractivity contribution in [1.82, 2.24) is 0 Å². The molecule has 192 valence electrons. The molecule has 0 fully saturated rings. The van der Waals surface area contributed by atoms with Crippen LogP contribution >= 0.6 is 0 Å². The van der Waals surface area contributed by atoms with E-state index in [1.54, 1.807) is 18.2 Å². The lowest BCUT2D eigenvalue weighted by atomic mass is 10.0. The van der Waals surface area contributed by atoms with Crippen LogP contribution in [0.2, 0.25) is 0 Å². The molecule has 0 saturated heterocycles. The van der Waals surface area contributed by atoms with Gasteiger partial charge >= 0.3 is 12.3 Å². The zero-order valence-corrected chi connectivity index (χ0v) is 18.1. The maximum absolute atomic E-state index is 14.7. The van der Waals surface area contributed by atoms with Crippen LogP contribution in [0.3, 0.4) is 0 Å². The fourth-order valence-corrected chi connectivity index (χ4v) is 3.64. The van der Waals surface area contributed by atoms with Crippen LogP contribution in [0.1, 0.15) is 11.1 Å². The standard InChI is InChI=1S/C26H12F10O/c27-18-12-16(6-7-17(18)15-10-19(28)23(20(29)11-15)25(32,33)34)37-26(35,36)24-21(30)8-14(9-22(24)31)13-4-2-1-3-5-13/h1-12H. The SMILES string of the molecule is Fc1cc(OC(F)(F)c2c(F)cc(-c3ccccc3)cc2F)ccc1-c1cc(F)c(C(F)(F)F)c(F)c1. The van der Waals surface area contributed by atoms with Gasteiger partial charge in [0.15, 0.2) is 0 Å². The number of halogens is 10. The van der Waals surface area contributed by atoms with Gasteiger partial charge in [0.1, 0.15) is 46.0 Å². The molecule has 4 aromatic rings. The minimum Gasteiger partial charge on any atom is -0.429 e. The van der Waals surface area contributed by atoms with Crippen molar-refractivity contribution in [2.45, 2.75) is 12.3 Å². The molecule has 1 nitrogen and oxygen atoms in total. The summed E-state index contributed by atoms with van der Waals surface area (Å²) in [7, 11) is 0. The lowest BCUT2D eigenvalue weighted by molar-refractivity contribution is -0.189. The van der Waals surface area contributed by atoms with Gasteiger partial charge in [0.25, 0.3) is 0 Å². The molecule has 0 bridgehead atoms. The third kappa shape index (κ3) is 5.25. The molecule has 37 heavy (non-hydrogen) atoms. The van der Waals surface area contributed by atoms with E-state index in [9.17, 15) is 43.9 Å². The van der Waals surface area contributed by atoms with Crippen LogP contribution in [-0.4, -0.2) is 0 Å². The summed E-state index contributed by atoms with van der Waals surface area (Å²) in [6, 6.07) is 11.3. The van der Waals surface area contributed by atoms with Crippen LogP contribution in [0.25, 0.3) is 22.3 Å². The molecule has 4 rings (SSSR count). The number of alkyl halides is 5. The highest BCUT2D eigenvalue weighted by atomic mass is 19.4. The fraction of sp³-hybridized carbons (Fsp3) is 0.0769. The Balaban J connectivity index is 1.64. The number of hydrogen-bond acceptors (Lipinski definition) is 1. The summed E-state index contributed by atoms with van der Waals surface area (Å²) in [6.45, 7) is 0. The van der Waals surface area contributed by atoms with Gasteiger partial charge in [0, 0.05) is 11.6 Å². The molecule has 0 aliphatic carbocycles. The summed E-state index contributed by atoms with van der Waals surface area (Å²) in [4.78, 5) is 0. The van der Waals surface area contributed by atoms with Crippen molar-refractivity contribution in [2.24, 2.45) is 0 Å². The monoisotopic (exact) mass is 530 g/mol. The van der Waals surface area contributed by atoms with Crippen LogP contribution in [0.5, 0.6) is 5.75 Å². The molecule has 0 radical (unpaired) electrons. The first-order chi connectivity index (χ1) is 17.3. The molecule has 0 heterocycles. The van der Waals surface area contributed by atoms with Gasteiger partial charge in [0.2, 0.25) is 0 Å². The van der Waals surface area contributed by atoms with Gasteiger partial charge in [-0.05, 0) is 53.1 Å². The summed E-state index contributed by atoms with van der Waals surface area (Å²) in [5, 5.41) is 0. The van der Waals surface area contributed by atoms with Crippen LogP contribution in [0, 0.1) is 29.1 Å². The van der Waals surface area contributed by atoms with E-state index in [1.807, 2.05) is 0 Å². The molecule has 0 aliphatic heterocycles. The van der Waals surface area contributed by atoms with Gasteiger partial charge in [-0.2, -0.15) is 22.0 Å². The third-order valence-electron chi connectivity index (χ3n) is 5.26. The van der Waals surface area contributed by atoms with Gasteiger partial charge in [-0.1, -0.05) is 30.3 Å². The molecular formula is C26H12F10O. The Labute approximate surface area is 202 Å². The Morgan fingerprint density at radius 1 is 0.486 bits per heavy atom. The lowest BCUT2D eigenvalue weighted by Crippen LogP contribution is -2.25. The number of ether oxygens (including phenoxy) is 1. The normalized spacial score (nSPS) is 12.1. The van der Waals surface area contributed by atoms with E-state index in [1.165, 1.54) is 12.1 Å². The maximum Gasteiger partial charge on any atom is 0.432 e. The summed E-state index contributed by atoms with van der Waals surface area (Å²) >= 11 is 0. The van der Waals surface area contributed by atoms with E-state index in [0.29, 0.717) is 35.9 Å². The molecule has 11 heteroatoms. The topological polar surface area (TPSA) is 9.23 Å². The number of hydrogen-bond donors (Lipinski definition) is 0. The van der Waals surface area contributed by atoms with Gasteiger partial charge in [-0.25, -0.2) is 22.0 Å². The predicted octanol–water partition coefficient (Wildman–Crippen LogP) is 8.86. The zero-order valence-electron chi connectivity index (χ0n) is 18.1. The summed E-state index contributed by atoms with van der Waals surface area (Å²) in [5.41, 5.74) is -4.91. The van der Waals surface area contributed by atoms with Crippen molar-refractivity contribution in [3.05, 3.63) is 113 Å². The van der Waals surface area contributed by atoms with Gasteiger partial charge in [0.05, 0.1) is 0 Å². The Hall–Kier alpha value is -4.02. The second-order valence-electron chi connectivity index (χ2n) is 7.75. The Morgan fingerprint density at radius 3 is 1.51 bits per heavy atom. The molecule has 0 saturated carbocycles. The van der Waals surface area contributed by atoms with Crippen LogP contribution in [-0.2, 0) is 12.3 Å². The predicted molar refractivity (Wildman–Crippen MR) is 113 cm³/mol. The number of benzene rings is 4. The highest BCUT2D eigenvalue weighted by Gasteiger charge is 2.41. The molecule has 0 N–H and O–H groups in total. The highest BCUT2D eigenvalue weighted by molar-refractivity contribution is 5.66. The second-order valence-corrected chi connectivity index (χ2v) is 7.75. The average Bonchev–Trinajstić information content (AvgIpc) is 2.77. The lowest BCUT2D eigenvalue weighted by Gasteiger charge is -2.20. The maximum atomic E-state index is 14.7. The van der Waals surface area contributed by atoms with Crippen LogP contribution in [0.15, 0.2) is 72.8 Å². The van der Waals surface area contributed by atoms with Gasteiger partial charge in [-0.3, -0.25) is 0 Å². The molecule has 4 aromatic carbocycles. The van der Waals surface area contributed by atoms with Crippen molar-refractivity contribution >= 4 is 0 Å². The highest BCUT2D eigenvalue weighted by Crippen LogP contribution is 2.39. The summed E-state index contributed by atoms with van der Waals surface area (Å²) in [6.07, 6.45) is -9.97. The summed E-state index contributed by atoms with van der Waals surface area (Å²) in [5.74, 6) is -9.65.